The predicted octanol–water partition coefficient (Wildman–Crippen LogP) is 5.32. The number of anilines is 3. The number of hydrogen-bond donors (Lipinski definition) is 2. The summed E-state index contributed by atoms with van der Waals surface area (Å²) in [6.45, 7) is 5.91. The minimum absolute atomic E-state index is 0.156. The number of rotatable bonds is 5. The van der Waals surface area contributed by atoms with Gasteiger partial charge < -0.3 is 14.6 Å². The maximum Gasteiger partial charge on any atom is 0.573 e. The van der Waals surface area contributed by atoms with Gasteiger partial charge in [0, 0.05) is 22.5 Å². The van der Waals surface area contributed by atoms with Crippen LogP contribution in [0.15, 0.2) is 40.2 Å². The number of aromatic nitrogens is 2. The summed E-state index contributed by atoms with van der Waals surface area (Å²) in [7, 11) is 0. The van der Waals surface area contributed by atoms with E-state index in [4.69, 9.17) is 4.52 Å². The topological polar surface area (TPSA) is 89.3 Å². The summed E-state index contributed by atoms with van der Waals surface area (Å²) < 4.78 is 45.5. The fraction of sp³-hybridized carbons (Fsp3) is 0.278. The first kappa shape index (κ1) is 20.6. The van der Waals surface area contributed by atoms with Gasteiger partial charge in [-0.25, -0.2) is 4.98 Å². The van der Waals surface area contributed by atoms with Gasteiger partial charge in [0.15, 0.2) is 5.13 Å². The van der Waals surface area contributed by atoms with Crippen LogP contribution in [0.5, 0.6) is 5.75 Å². The van der Waals surface area contributed by atoms with Crippen molar-refractivity contribution in [1.82, 2.24) is 10.1 Å². The lowest BCUT2D eigenvalue weighted by Gasteiger charge is -2.12. The number of ether oxygens (including phenoxy) is 1. The Labute approximate surface area is 167 Å². The molecule has 0 saturated heterocycles. The first-order valence-electron chi connectivity index (χ1n) is 8.36. The summed E-state index contributed by atoms with van der Waals surface area (Å²) in [5.74, 6) is -0.591. The lowest BCUT2D eigenvalue weighted by molar-refractivity contribution is -0.274. The van der Waals surface area contributed by atoms with Crippen LogP contribution in [0.25, 0.3) is 0 Å². The number of halogens is 3. The average molecular weight is 426 g/mol. The minimum atomic E-state index is -4.75. The molecule has 0 aliphatic rings. The third kappa shape index (κ3) is 5.70. The highest BCUT2D eigenvalue weighted by molar-refractivity contribution is 7.14. The number of nitrogens with zero attached hydrogens (tertiary/aromatic N) is 2. The Kier molecular flexibility index (Phi) is 5.51. The maximum atomic E-state index is 12.3. The molecule has 11 heteroatoms. The largest absolute Gasteiger partial charge is 0.573 e. The summed E-state index contributed by atoms with van der Waals surface area (Å²) >= 11 is 1.17. The normalized spacial score (nSPS) is 11.9. The van der Waals surface area contributed by atoms with Crippen LogP contribution in [0.2, 0.25) is 0 Å². The Bertz CT molecular complexity index is 991. The van der Waals surface area contributed by atoms with Crippen molar-refractivity contribution in [2.45, 2.75) is 32.5 Å². The van der Waals surface area contributed by atoms with Crippen LogP contribution in [0, 0.1) is 0 Å². The first-order chi connectivity index (χ1) is 13.5. The van der Waals surface area contributed by atoms with Crippen LogP contribution >= 0.6 is 11.3 Å². The molecule has 7 nitrogen and oxygen atoms in total. The van der Waals surface area contributed by atoms with Crippen LogP contribution in [0.1, 0.15) is 37.0 Å². The molecule has 0 spiro atoms. The van der Waals surface area contributed by atoms with Gasteiger partial charge in [-0.15, -0.1) is 24.5 Å². The molecule has 0 unspecified atom stereocenters. The number of amides is 1. The zero-order valence-corrected chi connectivity index (χ0v) is 16.4. The molecular formula is C18H17F3N4O3S. The van der Waals surface area contributed by atoms with Gasteiger partial charge in [-0.1, -0.05) is 25.9 Å². The minimum Gasteiger partial charge on any atom is -0.406 e. The molecule has 2 aromatic heterocycles. The molecule has 29 heavy (non-hydrogen) atoms. The van der Waals surface area contributed by atoms with E-state index in [1.165, 1.54) is 35.6 Å². The monoisotopic (exact) mass is 426 g/mol. The van der Waals surface area contributed by atoms with Gasteiger partial charge in [0.25, 0.3) is 5.91 Å². The highest BCUT2D eigenvalue weighted by Gasteiger charge is 2.31. The number of carbonyl (C=O) groups is 1. The van der Waals surface area contributed by atoms with Gasteiger partial charge in [-0.3, -0.25) is 10.1 Å². The Hall–Kier alpha value is -3.08. The smallest absolute Gasteiger partial charge is 0.406 e. The van der Waals surface area contributed by atoms with E-state index >= 15 is 0 Å². The summed E-state index contributed by atoms with van der Waals surface area (Å²) in [5, 5.41) is 11.4. The summed E-state index contributed by atoms with van der Waals surface area (Å²) in [5.41, 5.74) is 1.13. The Morgan fingerprint density at radius 3 is 2.45 bits per heavy atom. The van der Waals surface area contributed by atoms with Crippen molar-refractivity contribution in [1.29, 1.82) is 0 Å². The van der Waals surface area contributed by atoms with E-state index in [1.807, 2.05) is 20.8 Å². The van der Waals surface area contributed by atoms with Gasteiger partial charge in [0.05, 0.1) is 5.69 Å². The number of benzene rings is 1. The summed E-state index contributed by atoms with van der Waals surface area (Å²) in [6.07, 6.45) is -4.75. The molecule has 0 aliphatic carbocycles. The van der Waals surface area contributed by atoms with Crippen molar-refractivity contribution in [2.24, 2.45) is 0 Å². The van der Waals surface area contributed by atoms with E-state index in [1.54, 1.807) is 11.4 Å². The molecule has 3 aromatic rings. The zero-order chi connectivity index (χ0) is 21.2. The highest BCUT2D eigenvalue weighted by atomic mass is 32.1. The molecule has 2 heterocycles. The van der Waals surface area contributed by atoms with E-state index in [0.717, 1.165) is 0 Å². The third-order valence-electron chi connectivity index (χ3n) is 3.59. The second-order valence-corrected chi connectivity index (χ2v) is 7.87. The van der Waals surface area contributed by atoms with Gasteiger partial charge in [-0.2, -0.15) is 0 Å². The summed E-state index contributed by atoms with van der Waals surface area (Å²) in [6, 6.07) is 6.81. The van der Waals surface area contributed by atoms with Gasteiger partial charge in [0.2, 0.25) is 5.88 Å². The molecule has 0 atom stereocenters. The third-order valence-corrected chi connectivity index (χ3v) is 4.35. The van der Waals surface area contributed by atoms with Gasteiger partial charge in [0.1, 0.15) is 11.4 Å². The molecule has 0 bridgehead atoms. The number of nitrogens with one attached hydrogen (secondary N) is 2. The average Bonchev–Trinajstić information content (AvgIpc) is 3.24. The van der Waals surface area contributed by atoms with E-state index in [9.17, 15) is 18.0 Å². The molecule has 0 fully saturated rings. The van der Waals surface area contributed by atoms with E-state index in [-0.39, 0.29) is 22.7 Å². The fourth-order valence-corrected chi connectivity index (χ4v) is 2.87. The second kappa shape index (κ2) is 7.74. The van der Waals surface area contributed by atoms with Crippen LogP contribution in [0.3, 0.4) is 0 Å². The highest BCUT2D eigenvalue weighted by Crippen LogP contribution is 2.27. The number of thiazole rings is 1. The lowest BCUT2D eigenvalue weighted by Crippen LogP contribution is -2.16. The van der Waals surface area contributed by atoms with Crippen LogP contribution in [0.4, 0.5) is 29.9 Å². The van der Waals surface area contributed by atoms with Crippen molar-refractivity contribution in [3.05, 3.63) is 47.1 Å². The van der Waals surface area contributed by atoms with E-state index < -0.39 is 12.3 Å². The van der Waals surface area contributed by atoms with Crippen molar-refractivity contribution >= 4 is 33.9 Å². The molecule has 2 N–H and O–H groups in total. The number of alkyl halides is 3. The predicted molar refractivity (Wildman–Crippen MR) is 102 cm³/mol. The van der Waals surface area contributed by atoms with Gasteiger partial charge >= 0.3 is 6.36 Å². The van der Waals surface area contributed by atoms with Crippen molar-refractivity contribution in [3.63, 3.8) is 0 Å². The van der Waals surface area contributed by atoms with Crippen molar-refractivity contribution in [3.8, 4) is 5.75 Å². The fourth-order valence-electron chi connectivity index (χ4n) is 2.16. The second-order valence-electron chi connectivity index (χ2n) is 7.02. The summed E-state index contributed by atoms with van der Waals surface area (Å²) in [4.78, 5) is 16.5. The zero-order valence-electron chi connectivity index (χ0n) is 15.6. The molecule has 0 saturated carbocycles. The molecular weight excluding hydrogens is 409 g/mol. The Morgan fingerprint density at radius 2 is 1.86 bits per heavy atom. The van der Waals surface area contributed by atoms with Gasteiger partial charge in [-0.05, 0) is 24.3 Å². The molecule has 1 amide bonds. The molecule has 154 valence electrons. The quantitative estimate of drug-likeness (QED) is 0.574. The first-order valence-corrected chi connectivity index (χ1v) is 9.24. The molecule has 3 rings (SSSR count). The molecule has 0 aliphatic heterocycles. The SMILES string of the molecule is CC(C)(C)c1cc(NC(=O)c2csc(Nc3ccc(OC(F)(F)F)cc3)n2)on1. The van der Waals surface area contributed by atoms with Crippen molar-refractivity contribution < 1.29 is 27.2 Å². The molecule has 1 aromatic carbocycles. The maximum absolute atomic E-state index is 12.3. The standard InChI is InChI=1S/C18H17F3N4O3S/c1-17(2,3)13-8-14(28-25-13)24-15(26)12-9-29-16(23-12)22-10-4-6-11(7-5-10)27-18(19,20)21/h4-9H,1-3H3,(H,22,23)(H,24,26). The van der Waals surface area contributed by atoms with E-state index in [0.29, 0.717) is 16.5 Å². The number of carbonyl (C=O) groups excluding carboxylic acids is 1. The Morgan fingerprint density at radius 1 is 1.17 bits per heavy atom. The van der Waals surface area contributed by atoms with Crippen molar-refractivity contribution in [2.75, 3.05) is 10.6 Å². The number of hydrogen-bond acceptors (Lipinski definition) is 7. The van der Waals surface area contributed by atoms with Crippen LogP contribution in [-0.4, -0.2) is 22.4 Å². The lowest BCUT2D eigenvalue weighted by atomic mass is 9.92. The molecule has 0 radical (unpaired) electrons. The van der Waals surface area contributed by atoms with Crippen LogP contribution < -0.4 is 15.4 Å². The Balaban J connectivity index is 1.61. The van der Waals surface area contributed by atoms with Crippen LogP contribution in [-0.2, 0) is 5.41 Å². The van der Waals surface area contributed by atoms with E-state index in [2.05, 4.69) is 25.5 Å².